The van der Waals surface area contributed by atoms with E-state index in [0.717, 1.165) is 12.6 Å². The van der Waals surface area contributed by atoms with Gasteiger partial charge in [-0.3, -0.25) is 0 Å². The Labute approximate surface area is 145 Å². The van der Waals surface area contributed by atoms with Crippen LogP contribution in [0.1, 0.15) is 69.2 Å². The lowest BCUT2D eigenvalue weighted by atomic mass is 9.36. The molecular formula is C18H35B2NO2. The molecule has 130 valence electrons. The summed E-state index contributed by atoms with van der Waals surface area (Å²) in [4.78, 5) is 0. The number of nitriles is 1. The van der Waals surface area contributed by atoms with Crippen LogP contribution in [0.3, 0.4) is 0 Å². The van der Waals surface area contributed by atoms with E-state index in [9.17, 15) is 0 Å². The van der Waals surface area contributed by atoms with Crippen LogP contribution in [0.2, 0.25) is 12.6 Å². The van der Waals surface area contributed by atoms with E-state index in [0.29, 0.717) is 0 Å². The average Bonchev–Trinajstić information content (AvgIpc) is 2.70. The monoisotopic (exact) mass is 319 g/mol. The second-order valence-electron chi connectivity index (χ2n) is 7.40. The molecule has 0 bridgehead atoms. The molecule has 0 radical (unpaired) electrons. The van der Waals surface area contributed by atoms with Gasteiger partial charge in [-0.05, 0) is 44.9 Å². The summed E-state index contributed by atoms with van der Waals surface area (Å²) in [6.45, 7) is 20.7. The van der Waals surface area contributed by atoms with Gasteiger partial charge in [-0.25, -0.2) is 5.26 Å². The van der Waals surface area contributed by atoms with Crippen molar-refractivity contribution in [1.29, 1.82) is 5.26 Å². The van der Waals surface area contributed by atoms with Gasteiger partial charge in [-0.1, -0.05) is 53.9 Å². The van der Waals surface area contributed by atoms with E-state index in [2.05, 4.69) is 53.6 Å². The van der Waals surface area contributed by atoms with Crippen LogP contribution < -0.4 is 0 Å². The molecular weight excluding hydrogens is 284 g/mol. The molecule has 0 spiro atoms. The van der Waals surface area contributed by atoms with Crippen LogP contribution in [0.4, 0.5) is 0 Å². The van der Waals surface area contributed by atoms with Crippen molar-refractivity contribution < 1.29 is 9.31 Å². The van der Waals surface area contributed by atoms with Crippen molar-refractivity contribution in [2.24, 2.45) is 5.41 Å². The number of hydrogen-bond acceptors (Lipinski definition) is 3. The van der Waals surface area contributed by atoms with Gasteiger partial charge < -0.3 is 9.31 Å². The summed E-state index contributed by atoms with van der Waals surface area (Å²) in [5, 5.41) is 9.10. The predicted octanol–water partition coefficient (Wildman–Crippen LogP) is 5.19. The summed E-state index contributed by atoms with van der Waals surface area (Å²) in [6, 6.07) is 0. The first-order valence-corrected chi connectivity index (χ1v) is 9.05. The lowest BCUT2D eigenvalue weighted by Gasteiger charge is -2.34. The smallest absolute Gasteiger partial charge is 0.400 e. The minimum Gasteiger partial charge on any atom is -0.400 e. The average molecular weight is 319 g/mol. The van der Waals surface area contributed by atoms with Gasteiger partial charge in [0, 0.05) is 5.97 Å². The first kappa shape index (κ1) is 22.3. The van der Waals surface area contributed by atoms with Crippen LogP contribution in [0.25, 0.3) is 0 Å². The first-order valence-electron chi connectivity index (χ1n) is 9.05. The van der Waals surface area contributed by atoms with E-state index in [4.69, 9.17) is 14.6 Å². The molecule has 2 rings (SSSR count). The third kappa shape index (κ3) is 4.88. The highest BCUT2D eigenvalue weighted by molar-refractivity contribution is 6.68. The first-order chi connectivity index (χ1) is 10.6. The summed E-state index contributed by atoms with van der Waals surface area (Å²) in [6.07, 6.45) is 3.83. The largest absolute Gasteiger partial charge is 0.490 e. The Morgan fingerprint density at radius 3 is 1.74 bits per heavy atom. The molecule has 0 atom stereocenters. The molecule has 0 N–H and O–H groups in total. The third-order valence-electron chi connectivity index (χ3n) is 4.85. The van der Waals surface area contributed by atoms with Crippen molar-refractivity contribution in [2.45, 2.75) is 93.1 Å². The highest BCUT2D eigenvalue weighted by atomic mass is 16.7. The van der Waals surface area contributed by atoms with E-state index in [1.807, 2.05) is 27.7 Å². The quantitative estimate of drug-likeness (QED) is 0.624. The van der Waals surface area contributed by atoms with Gasteiger partial charge in [0.15, 0.2) is 0 Å². The Morgan fingerprint density at radius 2 is 1.39 bits per heavy atom. The Kier molecular flexibility index (Phi) is 8.14. The Bertz CT molecular complexity index is 434. The summed E-state index contributed by atoms with van der Waals surface area (Å²) < 4.78 is 12.3. The zero-order valence-corrected chi connectivity index (χ0v) is 16.9. The molecule has 2 aliphatic heterocycles. The second-order valence-corrected chi connectivity index (χ2v) is 7.40. The van der Waals surface area contributed by atoms with Gasteiger partial charge in [-0.15, -0.1) is 0 Å². The van der Waals surface area contributed by atoms with Gasteiger partial charge in [0.05, 0.1) is 11.2 Å². The van der Waals surface area contributed by atoms with Crippen molar-refractivity contribution in [3.8, 4) is 5.97 Å². The highest BCUT2D eigenvalue weighted by Gasteiger charge is 2.55. The predicted molar refractivity (Wildman–Crippen MR) is 102 cm³/mol. The molecule has 0 aromatic heterocycles. The van der Waals surface area contributed by atoms with Crippen LogP contribution in [0.15, 0.2) is 11.5 Å². The minimum absolute atomic E-state index is 0.0419. The standard InChI is InChI=1S/C14H23B2NO2.2C2H6/c1-12(2)9-15(10-17)8-7-11(12)16-18-13(3,4)14(5,6)19-16;2*1-2/h7H,8-9H2,1-6H3;2*1-2H3. The van der Waals surface area contributed by atoms with Gasteiger partial charge in [0.1, 0.15) is 0 Å². The lowest BCUT2D eigenvalue weighted by Crippen LogP contribution is -2.41. The lowest BCUT2D eigenvalue weighted by molar-refractivity contribution is 0.00578. The minimum atomic E-state index is -0.305. The second kappa shape index (κ2) is 8.40. The topological polar surface area (TPSA) is 42.2 Å². The molecule has 0 aromatic rings. The molecule has 1 fully saturated rings. The molecule has 5 heteroatoms. The molecule has 0 unspecified atom stereocenters. The zero-order valence-electron chi connectivity index (χ0n) is 16.9. The van der Waals surface area contributed by atoms with Crippen molar-refractivity contribution in [3.63, 3.8) is 0 Å². The van der Waals surface area contributed by atoms with Gasteiger partial charge in [0.25, 0.3) is 6.71 Å². The molecule has 0 aromatic carbocycles. The van der Waals surface area contributed by atoms with Crippen LogP contribution in [-0.4, -0.2) is 25.0 Å². The van der Waals surface area contributed by atoms with E-state index in [1.54, 1.807) is 0 Å². The summed E-state index contributed by atoms with van der Waals surface area (Å²) in [7, 11) is -0.278. The number of hydrogen-bond donors (Lipinski definition) is 0. The van der Waals surface area contributed by atoms with Crippen LogP contribution in [-0.2, 0) is 9.31 Å². The van der Waals surface area contributed by atoms with Crippen molar-refractivity contribution in [2.75, 3.05) is 0 Å². The molecule has 3 nitrogen and oxygen atoms in total. The number of rotatable bonds is 1. The molecule has 1 saturated heterocycles. The van der Waals surface area contributed by atoms with Gasteiger partial charge >= 0.3 is 7.12 Å². The molecule has 0 amide bonds. The fraction of sp³-hybridized carbons (Fsp3) is 0.833. The Morgan fingerprint density at radius 1 is 0.957 bits per heavy atom. The third-order valence-corrected chi connectivity index (χ3v) is 4.85. The van der Waals surface area contributed by atoms with Crippen LogP contribution in [0.5, 0.6) is 0 Å². The summed E-state index contributed by atoms with van der Waals surface area (Å²) in [5.41, 5.74) is 0.541. The zero-order chi connectivity index (χ0) is 18.5. The maximum atomic E-state index is 9.10. The van der Waals surface area contributed by atoms with E-state index in [1.165, 1.54) is 5.47 Å². The summed E-state index contributed by atoms with van der Waals surface area (Å²) in [5.74, 6) is 2.38. The number of allylic oxidation sites excluding steroid dienone is 2. The van der Waals surface area contributed by atoms with Crippen LogP contribution in [0, 0.1) is 16.6 Å². The highest BCUT2D eigenvalue weighted by Crippen LogP contribution is 2.45. The normalized spacial score (nSPS) is 23.6. The molecule has 0 saturated carbocycles. The molecule has 0 aliphatic carbocycles. The maximum Gasteiger partial charge on any atom is 0.490 e. The fourth-order valence-electron chi connectivity index (χ4n) is 2.85. The molecule has 23 heavy (non-hydrogen) atoms. The fourth-order valence-corrected chi connectivity index (χ4v) is 2.85. The Hall–Kier alpha value is -0.720. The van der Waals surface area contributed by atoms with Gasteiger partial charge in [0.2, 0.25) is 0 Å². The van der Waals surface area contributed by atoms with Gasteiger partial charge in [-0.2, -0.15) is 0 Å². The molecule has 2 aliphatic rings. The van der Waals surface area contributed by atoms with Crippen molar-refractivity contribution >= 4 is 13.8 Å². The van der Waals surface area contributed by atoms with E-state index in [-0.39, 0.29) is 30.4 Å². The molecule has 2 heterocycles. The van der Waals surface area contributed by atoms with E-state index >= 15 is 0 Å². The van der Waals surface area contributed by atoms with Crippen LogP contribution >= 0.6 is 0 Å². The Balaban J connectivity index is 0.00000112. The maximum absolute atomic E-state index is 9.10. The SMILES string of the molecule is CC.CC.CC1(C)CB(C#N)CC=C1B1OC(C)(C)C(C)(C)O1. The summed E-state index contributed by atoms with van der Waals surface area (Å²) >= 11 is 0. The van der Waals surface area contributed by atoms with E-state index < -0.39 is 0 Å². The number of nitrogens with zero attached hydrogens (tertiary/aromatic N) is 1. The van der Waals surface area contributed by atoms with Crippen molar-refractivity contribution in [1.82, 2.24) is 0 Å². The van der Waals surface area contributed by atoms with Crippen molar-refractivity contribution in [3.05, 3.63) is 11.5 Å².